The lowest BCUT2D eigenvalue weighted by Crippen LogP contribution is -2.24. The molecule has 2 aromatic carbocycles. The van der Waals surface area contributed by atoms with E-state index in [9.17, 15) is 9.18 Å². The molecule has 0 radical (unpaired) electrons. The summed E-state index contributed by atoms with van der Waals surface area (Å²) in [6.45, 7) is 0.299. The average molecular weight is 337 g/mol. The van der Waals surface area contributed by atoms with Crippen LogP contribution in [0, 0.1) is 5.82 Å². The van der Waals surface area contributed by atoms with Gasteiger partial charge in [-0.2, -0.15) is 0 Å². The highest BCUT2D eigenvalue weighted by atomic mass is 19.1. The zero-order chi connectivity index (χ0) is 17.6. The topological polar surface area (TPSA) is 77.2 Å². The lowest BCUT2D eigenvalue weighted by Gasteiger charge is -2.09. The van der Waals surface area contributed by atoms with Crippen LogP contribution in [0.5, 0.6) is 11.5 Å². The molecule has 1 amide bonds. The van der Waals surface area contributed by atoms with Gasteiger partial charge in [-0.3, -0.25) is 4.79 Å². The molecule has 5 nitrogen and oxygen atoms in total. The number of carbonyl (C=O) groups is 1. The van der Waals surface area contributed by atoms with Crippen LogP contribution < -0.4 is 15.8 Å². The molecule has 0 saturated heterocycles. The first-order valence-electron chi connectivity index (χ1n) is 7.63. The molecule has 0 aliphatic rings. The summed E-state index contributed by atoms with van der Waals surface area (Å²) in [6.07, 6.45) is 1.53. The standard InChI is InChI=1S/C19H16FN3O2/c20-14-5-2-7-16(11-14)25-15-6-1-4-13(10-15)12-23-19(24)17-8-3-9-22-18(17)21/h1-11H,12H2,(H2,21,22)(H,23,24). The first-order chi connectivity index (χ1) is 12.1. The molecule has 1 heterocycles. The number of nitrogen functional groups attached to an aromatic ring is 1. The van der Waals surface area contributed by atoms with E-state index in [0.29, 0.717) is 23.6 Å². The Balaban J connectivity index is 1.66. The summed E-state index contributed by atoms with van der Waals surface area (Å²) in [5.74, 6) is 0.475. The van der Waals surface area contributed by atoms with Crippen LogP contribution in [0.25, 0.3) is 0 Å². The second-order valence-electron chi connectivity index (χ2n) is 5.33. The molecule has 0 spiro atoms. The summed E-state index contributed by atoms with van der Waals surface area (Å²) in [7, 11) is 0. The van der Waals surface area contributed by atoms with Gasteiger partial charge in [-0.15, -0.1) is 0 Å². The highest BCUT2D eigenvalue weighted by molar-refractivity contribution is 5.98. The molecule has 0 unspecified atom stereocenters. The largest absolute Gasteiger partial charge is 0.457 e. The van der Waals surface area contributed by atoms with E-state index in [-0.39, 0.29) is 17.5 Å². The van der Waals surface area contributed by atoms with Crippen LogP contribution in [-0.4, -0.2) is 10.9 Å². The predicted molar refractivity (Wildman–Crippen MR) is 92.7 cm³/mol. The molecule has 0 bridgehead atoms. The van der Waals surface area contributed by atoms with Gasteiger partial charge in [0.2, 0.25) is 0 Å². The molecule has 126 valence electrons. The maximum Gasteiger partial charge on any atom is 0.255 e. The second-order valence-corrected chi connectivity index (χ2v) is 5.33. The van der Waals surface area contributed by atoms with Gasteiger partial charge in [0.15, 0.2) is 0 Å². The average Bonchev–Trinajstić information content (AvgIpc) is 2.60. The lowest BCUT2D eigenvalue weighted by molar-refractivity contribution is 0.0951. The van der Waals surface area contributed by atoms with Gasteiger partial charge in [0, 0.05) is 18.8 Å². The molecule has 0 aliphatic carbocycles. The van der Waals surface area contributed by atoms with E-state index in [1.807, 2.05) is 6.07 Å². The Labute approximate surface area is 144 Å². The Hall–Kier alpha value is -3.41. The molecular formula is C19H16FN3O2. The van der Waals surface area contributed by atoms with Crippen LogP contribution in [-0.2, 0) is 6.54 Å². The van der Waals surface area contributed by atoms with Crippen LogP contribution in [0.4, 0.5) is 10.2 Å². The molecule has 0 aliphatic heterocycles. The number of hydrogen-bond donors (Lipinski definition) is 2. The minimum absolute atomic E-state index is 0.184. The van der Waals surface area contributed by atoms with Gasteiger partial charge in [0.05, 0.1) is 5.56 Å². The van der Waals surface area contributed by atoms with Crippen LogP contribution in [0.2, 0.25) is 0 Å². The summed E-state index contributed by atoms with van der Waals surface area (Å²) < 4.78 is 18.8. The van der Waals surface area contributed by atoms with Gasteiger partial charge >= 0.3 is 0 Å². The summed E-state index contributed by atoms with van der Waals surface area (Å²) in [6, 6.07) is 16.4. The van der Waals surface area contributed by atoms with Gasteiger partial charge < -0.3 is 15.8 Å². The van der Waals surface area contributed by atoms with Crippen molar-refractivity contribution in [1.82, 2.24) is 10.3 Å². The van der Waals surface area contributed by atoms with Crippen molar-refractivity contribution in [3.05, 3.63) is 83.8 Å². The minimum Gasteiger partial charge on any atom is -0.457 e. The van der Waals surface area contributed by atoms with E-state index >= 15 is 0 Å². The van der Waals surface area contributed by atoms with Gasteiger partial charge in [0.25, 0.3) is 5.91 Å². The number of amides is 1. The third kappa shape index (κ3) is 4.32. The number of nitrogens with one attached hydrogen (secondary N) is 1. The van der Waals surface area contributed by atoms with Crippen molar-refractivity contribution in [2.24, 2.45) is 0 Å². The molecule has 0 fully saturated rings. The molecule has 0 atom stereocenters. The van der Waals surface area contributed by atoms with Crippen molar-refractivity contribution in [2.75, 3.05) is 5.73 Å². The van der Waals surface area contributed by atoms with Gasteiger partial charge in [0.1, 0.15) is 23.1 Å². The van der Waals surface area contributed by atoms with Crippen molar-refractivity contribution < 1.29 is 13.9 Å². The van der Waals surface area contributed by atoms with Gasteiger partial charge in [-0.05, 0) is 42.0 Å². The van der Waals surface area contributed by atoms with E-state index in [1.165, 1.54) is 18.3 Å². The fourth-order valence-corrected chi connectivity index (χ4v) is 2.27. The van der Waals surface area contributed by atoms with Gasteiger partial charge in [-0.25, -0.2) is 9.37 Å². The summed E-state index contributed by atoms with van der Waals surface area (Å²) in [5, 5.41) is 2.78. The van der Waals surface area contributed by atoms with Crippen molar-refractivity contribution in [3.63, 3.8) is 0 Å². The monoisotopic (exact) mass is 337 g/mol. The zero-order valence-electron chi connectivity index (χ0n) is 13.3. The van der Waals surface area contributed by atoms with E-state index in [2.05, 4.69) is 10.3 Å². The van der Waals surface area contributed by atoms with Crippen LogP contribution in [0.1, 0.15) is 15.9 Å². The molecule has 3 aromatic rings. The van der Waals surface area contributed by atoms with Crippen LogP contribution >= 0.6 is 0 Å². The number of benzene rings is 2. The zero-order valence-corrected chi connectivity index (χ0v) is 13.3. The molecule has 0 saturated carbocycles. The summed E-state index contributed by atoms with van der Waals surface area (Å²) in [5.41, 5.74) is 6.86. The summed E-state index contributed by atoms with van der Waals surface area (Å²) in [4.78, 5) is 16.0. The van der Waals surface area contributed by atoms with E-state index in [4.69, 9.17) is 10.5 Å². The number of halogens is 1. The normalized spacial score (nSPS) is 10.3. The van der Waals surface area contributed by atoms with Gasteiger partial charge in [-0.1, -0.05) is 18.2 Å². The number of ether oxygens (including phenoxy) is 1. The third-order valence-electron chi connectivity index (χ3n) is 3.47. The number of nitrogens with zero attached hydrogens (tertiary/aromatic N) is 1. The molecular weight excluding hydrogens is 321 g/mol. The third-order valence-corrected chi connectivity index (χ3v) is 3.47. The second kappa shape index (κ2) is 7.44. The highest BCUT2D eigenvalue weighted by Crippen LogP contribution is 2.22. The Morgan fingerprint density at radius 2 is 1.84 bits per heavy atom. The molecule has 6 heteroatoms. The number of aromatic nitrogens is 1. The minimum atomic E-state index is -0.366. The maximum absolute atomic E-state index is 13.2. The molecule has 3 N–H and O–H groups in total. The maximum atomic E-state index is 13.2. The van der Waals surface area contributed by atoms with Crippen molar-refractivity contribution in [1.29, 1.82) is 0 Å². The Kier molecular flexibility index (Phi) is 4.89. The fraction of sp³-hybridized carbons (Fsp3) is 0.0526. The van der Waals surface area contributed by atoms with E-state index in [0.717, 1.165) is 5.56 Å². The van der Waals surface area contributed by atoms with Crippen molar-refractivity contribution >= 4 is 11.7 Å². The first kappa shape index (κ1) is 16.4. The fourth-order valence-electron chi connectivity index (χ4n) is 2.27. The van der Waals surface area contributed by atoms with Crippen molar-refractivity contribution in [3.8, 4) is 11.5 Å². The number of pyridine rings is 1. The summed E-state index contributed by atoms with van der Waals surface area (Å²) >= 11 is 0. The highest BCUT2D eigenvalue weighted by Gasteiger charge is 2.09. The smallest absolute Gasteiger partial charge is 0.255 e. The van der Waals surface area contributed by atoms with Crippen LogP contribution in [0.3, 0.4) is 0 Å². The molecule has 1 aromatic heterocycles. The Morgan fingerprint density at radius 3 is 2.60 bits per heavy atom. The molecule has 25 heavy (non-hydrogen) atoms. The Bertz CT molecular complexity index is 899. The quantitative estimate of drug-likeness (QED) is 0.747. The SMILES string of the molecule is Nc1ncccc1C(=O)NCc1cccc(Oc2cccc(F)c2)c1. The molecule has 3 rings (SSSR count). The van der Waals surface area contributed by atoms with E-state index in [1.54, 1.807) is 42.5 Å². The lowest BCUT2D eigenvalue weighted by atomic mass is 10.2. The Morgan fingerprint density at radius 1 is 1.08 bits per heavy atom. The van der Waals surface area contributed by atoms with E-state index < -0.39 is 0 Å². The number of carbonyl (C=O) groups excluding carboxylic acids is 1. The predicted octanol–water partition coefficient (Wildman–Crippen LogP) is 3.53. The van der Waals surface area contributed by atoms with Crippen molar-refractivity contribution in [2.45, 2.75) is 6.54 Å². The first-order valence-corrected chi connectivity index (χ1v) is 7.63. The number of hydrogen-bond acceptors (Lipinski definition) is 4. The van der Waals surface area contributed by atoms with Crippen LogP contribution in [0.15, 0.2) is 66.9 Å². The number of nitrogens with two attached hydrogens (primary N) is 1. The number of anilines is 1. The number of rotatable bonds is 5.